The van der Waals surface area contributed by atoms with Gasteiger partial charge in [-0.15, -0.1) is 11.8 Å². The van der Waals surface area contributed by atoms with Gasteiger partial charge in [-0.2, -0.15) is 13.2 Å². The van der Waals surface area contributed by atoms with E-state index in [0.29, 0.717) is 30.8 Å². The van der Waals surface area contributed by atoms with E-state index >= 15 is 0 Å². The lowest BCUT2D eigenvalue weighted by atomic mass is 10.0. The Morgan fingerprint density at radius 3 is 2.47 bits per heavy atom. The predicted octanol–water partition coefficient (Wildman–Crippen LogP) is 4.45. The summed E-state index contributed by atoms with van der Waals surface area (Å²) in [4.78, 5) is 0. The van der Waals surface area contributed by atoms with E-state index in [1.54, 1.807) is 6.92 Å². The van der Waals surface area contributed by atoms with Crippen molar-refractivity contribution in [2.75, 3.05) is 6.61 Å². The summed E-state index contributed by atoms with van der Waals surface area (Å²) in [5.41, 5.74) is -0.0866. The van der Waals surface area contributed by atoms with E-state index in [0.717, 1.165) is 18.6 Å². The molecular weight excluding hydrogens is 253 g/mol. The van der Waals surface area contributed by atoms with E-state index in [1.807, 2.05) is 6.92 Å². The molecule has 4 heteroatoms. The molecule has 1 aromatic carbocycles. The maximum atomic E-state index is 12.7. The molecule has 1 rings (SSSR count). The summed E-state index contributed by atoms with van der Waals surface area (Å²) in [5.74, 6) is 6.33. The molecule has 0 aliphatic heterocycles. The number of benzene rings is 1. The van der Waals surface area contributed by atoms with Crippen LogP contribution in [-0.2, 0) is 12.6 Å². The molecule has 0 spiro atoms. The van der Waals surface area contributed by atoms with Crippen molar-refractivity contribution in [2.45, 2.75) is 39.3 Å². The molecule has 104 valence electrons. The Labute approximate surface area is 111 Å². The van der Waals surface area contributed by atoms with Crippen LogP contribution in [0, 0.1) is 11.8 Å². The van der Waals surface area contributed by atoms with Crippen LogP contribution in [0.25, 0.3) is 0 Å². The van der Waals surface area contributed by atoms with E-state index in [2.05, 4.69) is 11.8 Å². The second kappa shape index (κ2) is 7.08. The van der Waals surface area contributed by atoms with E-state index in [1.165, 1.54) is 6.07 Å². The first-order valence-corrected chi connectivity index (χ1v) is 6.27. The van der Waals surface area contributed by atoms with Gasteiger partial charge in [0, 0.05) is 12.8 Å². The number of hydrogen-bond acceptors (Lipinski definition) is 1. The van der Waals surface area contributed by atoms with Crippen molar-refractivity contribution in [3.05, 3.63) is 29.3 Å². The molecule has 0 N–H and O–H groups in total. The lowest BCUT2D eigenvalue weighted by Crippen LogP contribution is -2.07. The predicted molar refractivity (Wildman–Crippen MR) is 69.0 cm³/mol. The summed E-state index contributed by atoms with van der Waals surface area (Å²) in [6, 6.07) is 3.58. The van der Waals surface area contributed by atoms with Crippen LogP contribution < -0.4 is 4.74 Å². The zero-order chi connectivity index (χ0) is 14.3. The van der Waals surface area contributed by atoms with E-state index in [9.17, 15) is 13.2 Å². The molecule has 0 amide bonds. The summed E-state index contributed by atoms with van der Waals surface area (Å²) in [7, 11) is 0. The summed E-state index contributed by atoms with van der Waals surface area (Å²) < 4.78 is 43.3. The second-order valence-electron chi connectivity index (χ2n) is 3.96. The average Bonchev–Trinajstić information content (AvgIpc) is 2.35. The number of ether oxygens (including phenoxy) is 1. The van der Waals surface area contributed by atoms with Gasteiger partial charge in [-0.25, -0.2) is 0 Å². The minimum atomic E-state index is -4.32. The molecule has 0 fully saturated rings. The van der Waals surface area contributed by atoms with Gasteiger partial charge < -0.3 is 4.74 Å². The average molecular weight is 270 g/mol. The van der Waals surface area contributed by atoms with Gasteiger partial charge in [0.2, 0.25) is 0 Å². The topological polar surface area (TPSA) is 9.23 Å². The largest absolute Gasteiger partial charge is 0.494 e. The molecule has 0 atom stereocenters. The Kier molecular flexibility index (Phi) is 5.75. The number of rotatable bonds is 4. The van der Waals surface area contributed by atoms with E-state index in [-0.39, 0.29) is 0 Å². The first-order valence-electron chi connectivity index (χ1n) is 6.27. The monoisotopic (exact) mass is 270 g/mol. The fourth-order valence-electron chi connectivity index (χ4n) is 1.66. The van der Waals surface area contributed by atoms with Crippen LogP contribution in [0.2, 0.25) is 0 Å². The summed E-state index contributed by atoms with van der Waals surface area (Å²) in [5, 5.41) is 0. The molecular formula is C15H17F3O. The first-order chi connectivity index (χ1) is 8.99. The van der Waals surface area contributed by atoms with Crippen molar-refractivity contribution in [1.29, 1.82) is 0 Å². The van der Waals surface area contributed by atoms with Gasteiger partial charge in [0.25, 0.3) is 0 Å². The van der Waals surface area contributed by atoms with Gasteiger partial charge in [0.05, 0.1) is 12.2 Å². The first kappa shape index (κ1) is 15.4. The zero-order valence-electron chi connectivity index (χ0n) is 11.1. The van der Waals surface area contributed by atoms with Gasteiger partial charge in [-0.1, -0.05) is 6.92 Å². The smallest absolute Gasteiger partial charge is 0.416 e. The molecule has 0 saturated carbocycles. The SMILES string of the molecule is CCC#CCCc1cc(C(F)(F)F)ccc1OCC. The minimum Gasteiger partial charge on any atom is -0.494 e. The van der Waals surface area contributed by atoms with Gasteiger partial charge in [-0.05, 0) is 37.1 Å². The number of aryl methyl sites for hydroxylation is 1. The summed E-state index contributed by atoms with van der Waals surface area (Å²) in [6.45, 7) is 4.17. The highest BCUT2D eigenvalue weighted by molar-refractivity contribution is 5.39. The maximum absolute atomic E-state index is 12.7. The van der Waals surface area contributed by atoms with Crippen molar-refractivity contribution in [1.82, 2.24) is 0 Å². The Bertz CT molecular complexity index is 467. The molecule has 0 aliphatic rings. The molecule has 0 saturated heterocycles. The van der Waals surface area contributed by atoms with Crippen molar-refractivity contribution >= 4 is 0 Å². The van der Waals surface area contributed by atoms with Crippen LogP contribution in [-0.4, -0.2) is 6.61 Å². The van der Waals surface area contributed by atoms with Crippen LogP contribution in [0.4, 0.5) is 13.2 Å². The van der Waals surface area contributed by atoms with Crippen LogP contribution in [0.1, 0.15) is 37.8 Å². The fourth-order valence-corrected chi connectivity index (χ4v) is 1.66. The molecule has 0 radical (unpaired) electrons. The molecule has 1 nitrogen and oxygen atoms in total. The third kappa shape index (κ3) is 4.86. The highest BCUT2D eigenvalue weighted by atomic mass is 19.4. The normalized spacial score (nSPS) is 10.8. The minimum absolute atomic E-state index is 0.430. The van der Waals surface area contributed by atoms with Crippen molar-refractivity contribution in [2.24, 2.45) is 0 Å². The summed E-state index contributed by atoms with van der Waals surface area (Å²) >= 11 is 0. The lowest BCUT2D eigenvalue weighted by molar-refractivity contribution is -0.137. The lowest BCUT2D eigenvalue weighted by Gasteiger charge is -2.13. The second-order valence-corrected chi connectivity index (χ2v) is 3.96. The van der Waals surface area contributed by atoms with Crippen LogP contribution >= 0.6 is 0 Å². The number of halogens is 3. The van der Waals surface area contributed by atoms with Gasteiger partial charge in [-0.3, -0.25) is 0 Å². The van der Waals surface area contributed by atoms with Crippen molar-refractivity contribution < 1.29 is 17.9 Å². The fraction of sp³-hybridized carbons (Fsp3) is 0.467. The van der Waals surface area contributed by atoms with Crippen LogP contribution in [0.5, 0.6) is 5.75 Å². The molecule has 19 heavy (non-hydrogen) atoms. The summed E-state index contributed by atoms with van der Waals surface area (Å²) in [6.07, 6.45) is -2.57. The molecule has 1 aromatic rings. The van der Waals surface area contributed by atoms with Gasteiger partial charge >= 0.3 is 6.18 Å². The van der Waals surface area contributed by atoms with Crippen molar-refractivity contribution in [3.8, 4) is 17.6 Å². The standard InChI is InChI=1S/C15H17F3O/c1-3-5-6-7-8-12-11-13(15(16,17)18)9-10-14(12)19-4-2/h9-11H,3-4,7-8H2,1-2H3. The molecule has 0 heterocycles. The number of alkyl halides is 3. The van der Waals surface area contributed by atoms with Gasteiger partial charge in [0.15, 0.2) is 0 Å². The zero-order valence-corrected chi connectivity index (χ0v) is 11.1. The van der Waals surface area contributed by atoms with E-state index in [4.69, 9.17) is 4.74 Å². The molecule has 0 aromatic heterocycles. The van der Waals surface area contributed by atoms with E-state index < -0.39 is 11.7 Å². The highest BCUT2D eigenvalue weighted by Crippen LogP contribution is 2.33. The Balaban J connectivity index is 2.95. The van der Waals surface area contributed by atoms with Crippen LogP contribution in [0.15, 0.2) is 18.2 Å². The Morgan fingerprint density at radius 2 is 1.89 bits per heavy atom. The van der Waals surface area contributed by atoms with Crippen molar-refractivity contribution in [3.63, 3.8) is 0 Å². The Morgan fingerprint density at radius 1 is 1.16 bits per heavy atom. The maximum Gasteiger partial charge on any atom is 0.416 e. The highest BCUT2D eigenvalue weighted by Gasteiger charge is 2.31. The third-order valence-electron chi connectivity index (χ3n) is 2.51. The molecule has 0 bridgehead atoms. The quantitative estimate of drug-likeness (QED) is 0.734. The van der Waals surface area contributed by atoms with Gasteiger partial charge in [0.1, 0.15) is 5.75 Å². The molecule has 0 aliphatic carbocycles. The third-order valence-corrected chi connectivity index (χ3v) is 2.51. The Hall–Kier alpha value is -1.63. The molecule has 0 unspecified atom stereocenters. The van der Waals surface area contributed by atoms with Crippen LogP contribution in [0.3, 0.4) is 0 Å². The number of hydrogen-bond donors (Lipinski definition) is 0.